The van der Waals surface area contributed by atoms with Gasteiger partial charge in [-0.2, -0.15) is 0 Å². The highest BCUT2D eigenvalue weighted by molar-refractivity contribution is 5.74. The number of carboxylic acids is 1. The molecule has 6 heteroatoms. The van der Waals surface area contributed by atoms with Crippen molar-refractivity contribution >= 4 is 12.0 Å². The molecule has 0 saturated carbocycles. The van der Waals surface area contributed by atoms with Gasteiger partial charge in [0.2, 0.25) is 0 Å². The Hall–Kier alpha value is -1.30. The maximum atomic E-state index is 11.6. The molecule has 0 aromatic carbocycles. The van der Waals surface area contributed by atoms with Gasteiger partial charge in [-0.25, -0.2) is 4.79 Å². The number of carbonyl (C=O) groups excluding carboxylic acids is 1. The van der Waals surface area contributed by atoms with Gasteiger partial charge in [-0.05, 0) is 20.0 Å². The summed E-state index contributed by atoms with van der Waals surface area (Å²) in [4.78, 5) is 25.6. The molecule has 0 bridgehead atoms. The summed E-state index contributed by atoms with van der Waals surface area (Å²) in [5.74, 6) is -0.897. The molecule has 0 radical (unpaired) electrons. The summed E-state index contributed by atoms with van der Waals surface area (Å²) in [5.41, 5.74) is 0. The van der Waals surface area contributed by atoms with Crippen LogP contribution in [0.15, 0.2) is 0 Å². The minimum atomic E-state index is -0.840. The Balaban J connectivity index is 3.80. The van der Waals surface area contributed by atoms with Crippen molar-refractivity contribution in [3.05, 3.63) is 0 Å². The van der Waals surface area contributed by atoms with Crippen LogP contribution in [-0.4, -0.2) is 67.7 Å². The number of rotatable bonds is 7. The maximum Gasteiger partial charge on any atom is 0.317 e. The monoisotopic (exact) mass is 245 g/mol. The molecule has 100 valence electrons. The van der Waals surface area contributed by atoms with E-state index in [0.29, 0.717) is 13.1 Å². The van der Waals surface area contributed by atoms with Gasteiger partial charge in [0.05, 0.1) is 0 Å². The van der Waals surface area contributed by atoms with Gasteiger partial charge in [-0.3, -0.25) is 4.79 Å². The van der Waals surface area contributed by atoms with Gasteiger partial charge in [0.1, 0.15) is 0 Å². The van der Waals surface area contributed by atoms with Gasteiger partial charge in [0, 0.05) is 33.1 Å². The van der Waals surface area contributed by atoms with Crippen molar-refractivity contribution < 1.29 is 14.7 Å². The number of amides is 2. The summed E-state index contributed by atoms with van der Waals surface area (Å²) in [6.45, 7) is 3.63. The lowest BCUT2D eigenvalue weighted by Crippen LogP contribution is -2.42. The van der Waals surface area contributed by atoms with Crippen molar-refractivity contribution in [2.45, 2.75) is 13.3 Å². The van der Waals surface area contributed by atoms with Crippen LogP contribution in [0.25, 0.3) is 0 Å². The normalized spacial score (nSPS) is 12.3. The van der Waals surface area contributed by atoms with E-state index in [9.17, 15) is 9.59 Å². The topological polar surface area (TPSA) is 72.9 Å². The highest BCUT2D eigenvalue weighted by Gasteiger charge is 2.11. The lowest BCUT2D eigenvalue weighted by Gasteiger charge is -2.21. The summed E-state index contributed by atoms with van der Waals surface area (Å²) >= 11 is 0. The van der Waals surface area contributed by atoms with E-state index in [0.717, 1.165) is 6.54 Å². The first-order valence-electron chi connectivity index (χ1n) is 5.68. The third-order valence-corrected chi connectivity index (χ3v) is 2.35. The van der Waals surface area contributed by atoms with E-state index in [1.54, 1.807) is 18.9 Å². The van der Waals surface area contributed by atoms with E-state index in [4.69, 9.17) is 5.11 Å². The number of nitrogens with zero attached hydrogens (tertiary/aromatic N) is 2. The molecular weight excluding hydrogens is 222 g/mol. The van der Waals surface area contributed by atoms with Crippen LogP contribution in [0.3, 0.4) is 0 Å². The van der Waals surface area contributed by atoms with Crippen molar-refractivity contribution in [2.24, 2.45) is 5.92 Å². The Morgan fingerprint density at radius 1 is 1.24 bits per heavy atom. The highest BCUT2D eigenvalue weighted by Crippen LogP contribution is 1.99. The zero-order valence-corrected chi connectivity index (χ0v) is 11.1. The molecule has 0 rings (SSSR count). The van der Waals surface area contributed by atoms with E-state index < -0.39 is 5.97 Å². The molecule has 0 spiro atoms. The summed E-state index contributed by atoms with van der Waals surface area (Å²) in [6.07, 6.45) is 0.0711. The van der Waals surface area contributed by atoms with Crippen LogP contribution in [-0.2, 0) is 4.79 Å². The van der Waals surface area contributed by atoms with Crippen molar-refractivity contribution in [3.8, 4) is 0 Å². The highest BCUT2D eigenvalue weighted by atomic mass is 16.4. The average molecular weight is 245 g/mol. The van der Waals surface area contributed by atoms with Crippen molar-refractivity contribution in [1.82, 2.24) is 15.1 Å². The molecule has 2 N–H and O–H groups in total. The SMILES string of the molecule is CC(CNC(=O)N(C)CCN(C)C)CC(=O)O. The predicted octanol–water partition coefficient (Wildman–Crippen LogP) is 0.300. The average Bonchev–Trinajstić information content (AvgIpc) is 2.21. The smallest absolute Gasteiger partial charge is 0.317 e. The lowest BCUT2D eigenvalue weighted by atomic mass is 10.1. The second-order valence-corrected chi connectivity index (χ2v) is 4.61. The third-order valence-electron chi connectivity index (χ3n) is 2.35. The summed E-state index contributed by atoms with van der Waals surface area (Å²) < 4.78 is 0. The molecule has 0 aliphatic heterocycles. The number of carboxylic acid groups (broad SMARTS) is 1. The first kappa shape index (κ1) is 15.7. The fourth-order valence-corrected chi connectivity index (χ4v) is 1.22. The summed E-state index contributed by atoms with van der Waals surface area (Å²) in [6, 6.07) is -0.163. The van der Waals surface area contributed by atoms with E-state index in [2.05, 4.69) is 5.32 Å². The Kier molecular flexibility index (Phi) is 7.29. The molecule has 17 heavy (non-hydrogen) atoms. The van der Waals surface area contributed by atoms with Crippen LogP contribution in [0.2, 0.25) is 0 Å². The lowest BCUT2D eigenvalue weighted by molar-refractivity contribution is -0.137. The molecule has 0 heterocycles. The fraction of sp³-hybridized carbons (Fsp3) is 0.818. The summed E-state index contributed by atoms with van der Waals surface area (Å²) in [7, 11) is 5.61. The van der Waals surface area contributed by atoms with Crippen LogP contribution in [0.1, 0.15) is 13.3 Å². The molecule has 2 amide bonds. The number of hydrogen-bond acceptors (Lipinski definition) is 3. The first-order chi connectivity index (χ1) is 7.82. The van der Waals surface area contributed by atoms with Crippen LogP contribution < -0.4 is 5.32 Å². The first-order valence-corrected chi connectivity index (χ1v) is 5.68. The molecule has 0 aliphatic carbocycles. The van der Waals surface area contributed by atoms with Crippen molar-refractivity contribution in [3.63, 3.8) is 0 Å². The molecule has 0 fully saturated rings. The summed E-state index contributed by atoms with van der Waals surface area (Å²) in [5, 5.41) is 11.3. The van der Waals surface area contributed by atoms with Gasteiger partial charge in [0.15, 0.2) is 0 Å². The number of urea groups is 1. The standard InChI is InChI=1S/C11H23N3O3/c1-9(7-10(15)16)8-12-11(17)14(4)6-5-13(2)3/h9H,5-8H2,1-4H3,(H,12,17)(H,15,16). The second-order valence-electron chi connectivity index (χ2n) is 4.61. The van der Waals surface area contributed by atoms with Crippen LogP contribution in [0.4, 0.5) is 4.79 Å². The van der Waals surface area contributed by atoms with Crippen LogP contribution >= 0.6 is 0 Å². The van der Waals surface area contributed by atoms with Gasteiger partial charge in [-0.15, -0.1) is 0 Å². The van der Waals surface area contributed by atoms with E-state index in [-0.39, 0.29) is 18.4 Å². The molecule has 0 aromatic heterocycles. The van der Waals surface area contributed by atoms with Crippen LogP contribution in [0, 0.1) is 5.92 Å². The van der Waals surface area contributed by atoms with Gasteiger partial charge >= 0.3 is 12.0 Å². The van der Waals surface area contributed by atoms with E-state index >= 15 is 0 Å². The van der Waals surface area contributed by atoms with Gasteiger partial charge in [0.25, 0.3) is 0 Å². The number of hydrogen-bond donors (Lipinski definition) is 2. The minimum Gasteiger partial charge on any atom is -0.481 e. The molecule has 0 aliphatic rings. The Labute approximate surface area is 103 Å². The van der Waals surface area contributed by atoms with E-state index in [1.807, 2.05) is 19.0 Å². The molecule has 6 nitrogen and oxygen atoms in total. The molecule has 0 saturated heterocycles. The number of nitrogens with one attached hydrogen (secondary N) is 1. The molecule has 1 atom stereocenters. The molecule has 0 aromatic rings. The minimum absolute atomic E-state index is 0.0568. The fourth-order valence-electron chi connectivity index (χ4n) is 1.22. The van der Waals surface area contributed by atoms with Gasteiger partial charge in [-0.1, -0.05) is 6.92 Å². The zero-order valence-electron chi connectivity index (χ0n) is 11.1. The number of aliphatic carboxylic acids is 1. The Morgan fingerprint density at radius 2 is 1.82 bits per heavy atom. The molecule has 1 unspecified atom stereocenters. The predicted molar refractivity (Wildman–Crippen MR) is 66.0 cm³/mol. The number of carbonyl (C=O) groups is 2. The maximum absolute atomic E-state index is 11.6. The second kappa shape index (κ2) is 7.89. The Bertz CT molecular complexity index is 256. The number of likely N-dealkylation sites (N-methyl/N-ethyl adjacent to an activating group) is 2. The van der Waals surface area contributed by atoms with Gasteiger partial charge < -0.3 is 20.2 Å². The van der Waals surface area contributed by atoms with Crippen molar-refractivity contribution in [1.29, 1.82) is 0 Å². The van der Waals surface area contributed by atoms with Crippen molar-refractivity contribution in [2.75, 3.05) is 40.8 Å². The van der Waals surface area contributed by atoms with Crippen LogP contribution in [0.5, 0.6) is 0 Å². The largest absolute Gasteiger partial charge is 0.481 e. The third kappa shape index (κ3) is 8.50. The quantitative estimate of drug-likeness (QED) is 0.676. The zero-order chi connectivity index (χ0) is 13.4. The Morgan fingerprint density at radius 3 is 2.29 bits per heavy atom. The van der Waals surface area contributed by atoms with E-state index in [1.165, 1.54) is 0 Å². The molecular formula is C11H23N3O3.